The first-order valence-electron chi connectivity index (χ1n) is 12.2. The van der Waals surface area contributed by atoms with Crippen LogP contribution in [0.5, 0.6) is 0 Å². The van der Waals surface area contributed by atoms with E-state index in [4.69, 9.17) is 0 Å². The minimum Gasteiger partial charge on any atom is -0.389 e. The van der Waals surface area contributed by atoms with Gasteiger partial charge in [-0.1, -0.05) is 48.5 Å². The molecule has 1 fully saturated rings. The van der Waals surface area contributed by atoms with Gasteiger partial charge in [0.1, 0.15) is 11.7 Å². The zero-order valence-electron chi connectivity index (χ0n) is 21.3. The average molecular weight is 516 g/mol. The maximum absolute atomic E-state index is 13.8. The van der Waals surface area contributed by atoms with E-state index in [2.05, 4.69) is 10.6 Å². The van der Waals surface area contributed by atoms with E-state index in [0.717, 1.165) is 11.1 Å². The number of nitro groups is 1. The third-order valence-corrected chi connectivity index (χ3v) is 7.13. The fourth-order valence-electron chi connectivity index (χ4n) is 5.16. The van der Waals surface area contributed by atoms with Gasteiger partial charge in [-0.15, -0.1) is 0 Å². The summed E-state index contributed by atoms with van der Waals surface area (Å²) in [5.41, 5.74) is 1.04. The van der Waals surface area contributed by atoms with E-state index in [9.17, 15) is 29.6 Å². The van der Waals surface area contributed by atoms with Crippen LogP contribution in [-0.2, 0) is 14.4 Å². The van der Waals surface area contributed by atoms with Gasteiger partial charge in [-0.2, -0.15) is 0 Å². The van der Waals surface area contributed by atoms with E-state index in [1.807, 2.05) is 38.1 Å². The summed E-state index contributed by atoms with van der Waals surface area (Å²) in [6.45, 7) is 5.04. The smallest absolute Gasteiger partial charge is 0.269 e. The number of ketones is 1. The largest absolute Gasteiger partial charge is 0.389 e. The van der Waals surface area contributed by atoms with Gasteiger partial charge in [0, 0.05) is 35.8 Å². The minimum atomic E-state index is -1.78. The van der Waals surface area contributed by atoms with Crippen molar-refractivity contribution in [3.63, 3.8) is 0 Å². The summed E-state index contributed by atoms with van der Waals surface area (Å²) < 4.78 is 0. The van der Waals surface area contributed by atoms with Gasteiger partial charge >= 0.3 is 0 Å². The van der Waals surface area contributed by atoms with Crippen molar-refractivity contribution >= 4 is 34.7 Å². The van der Waals surface area contributed by atoms with Gasteiger partial charge in [-0.05, 0) is 49.6 Å². The molecule has 0 spiro atoms. The Hall–Kier alpha value is -4.37. The number of aliphatic hydroxyl groups is 1. The number of nitrogens with zero attached hydrogens (tertiary/aromatic N) is 1. The van der Waals surface area contributed by atoms with Gasteiger partial charge in [-0.25, -0.2) is 0 Å². The predicted molar refractivity (Wildman–Crippen MR) is 143 cm³/mol. The first-order valence-corrected chi connectivity index (χ1v) is 12.2. The van der Waals surface area contributed by atoms with E-state index >= 15 is 0 Å². The van der Waals surface area contributed by atoms with Crippen molar-refractivity contribution in [2.45, 2.75) is 38.7 Å². The number of benzene rings is 3. The van der Waals surface area contributed by atoms with Crippen LogP contribution in [0.25, 0.3) is 0 Å². The number of amides is 2. The molecule has 2 amide bonds. The molecule has 3 aromatic rings. The van der Waals surface area contributed by atoms with Crippen LogP contribution in [0, 0.1) is 35.8 Å². The number of Topliss-reactive ketones (excluding diaryl/α,β-unsaturated/α-hetero) is 1. The highest BCUT2D eigenvalue weighted by atomic mass is 16.6. The molecule has 196 valence electrons. The Morgan fingerprint density at radius 2 is 1.39 bits per heavy atom. The predicted octanol–water partition coefficient (Wildman–Crippen LogP) is 4.53. The summed E-state index contributed by atoms with van der Waals surface area (Å²) in [5, 5.41) is 28.3. The SMILES string of the molecule is Cc1ccccc1NC(=O)C1C(=O)CC(C)(O)C(C(=O)Nc2ccccc2C)C1c1ccc([N+](=O)[O-])cc1. The summed E-state index contributed by atoms with van der Waals surface area (Å²) in [6.07, 6.45) is -0.409. The van der Waals surface area contributed by atoms with Crippen LogP contribution in [0.1, 0.15) is 36.0 Å². The molecular weight excluding hydrogens is 486 g/mol. The Kier molecular flexibility index (Phi) is 7.41. The lowest BCUT2D eigenvalue weighted by molar-refractivity contribution is -0.384. The van der Waals surface area contributed by atoms with E-state index in [1.54, 1.807) is 24.3 Å². The lowest BCUT2D eigenvalue weighted by atomic mass is 9.61. The molecule has 0 bridgehead atoms. The quantitative estimate of drug-likeness (QED) is 0.250. The highest BCUT2D eigenvalue weighted by Gasteiger charge is 2.56. The topological polar surface area (TPSA) is 139 Å². The number of carbonyl (C=O) groups is 3. The fourth-order valence-corrected chi connectivity index (χ4v) is 5.16. The molecular formula is C29H29N3O6. The molecule has 0 heterocycles. The van der Waals surface area contributed by atoms with Crippen molar-refractivity contribution in [3.05, 3.63) is 99.6 Å². The summed E-state index contributed by atoms with van der Waals surface area (Å²) >= 11 is 0. The second kappa shape index (κ2) is 10.5. The van der Waals surface area contributed by atoms with Gasteiger partial charge < -0.3 is 15.7 Å². The molecule has 9 nitrogen and oxygen atoms in total. The molecule has 0 radical (unpaired) electrons. The molecule has 3 aromatic carbocycles. The third kappa shape index (κ3) is 5.33. The normalized spacial score (nSPS) is 22.9. The van der Waals surface area contributed by atoms with Gasteiger partial charge in [-0.3, -0.25) is 24.5 Å². The summed E-state index contributed by atoms with van der Waals surface area (Å²) in [7, 11) is 0. The van der Waals surface area contributed by atoms with Crippen LogP contribution < -0.4 is 10.6 Å². The van der Waals surface area contributed by atoms with Gasteiger partial charge in [0.2, 0.25) is 11.8 Å². The zero-order chi connectivity index (χ0) is 27.6. The number of hydrogen-bond acceptors (Lipinski definition) is 6. The number of carbonyl (C=O) groups excluding carboxylic acids is 3. The third-order valence-electron chi connectivity index (χ3n) is 7.13. The van der Waals surface area contributed by atoms with Gasteiger partial charge in [0.05, 0.1) is 16.4 Å². The number of nitro benzene ring substituents is 1. The van der Waals surface area contributed by atoms with E-state index < -0.39 is 52.3 Å². The maximum atomic E-state index is 13.8. The van der Waals surface area contributed by atoms with Crippen LogP contribution >= 0.6 is 0 Å². The highest BCUT2D eigenvalue weighted by Crippen LogP contribution is 2.47. The Bertz CT molecular complexity index is 1400. The molecule has 3 N–H and O–H groups in total. The maximum Gasteiger partial charge on any atom is 0.269 e. The standard InChI is InChI=1S/C29H29N3O6/c1-17-8-4-6-10-21(17)30-27(34)25-23(33)16-29(3,36)26(28(35)31-22-11-7-5-9-18(22)2)24(25)19-12-14-20(15-13-19)32(37)38/h4-15,24-26,36H,16H2,1-3H3,(H,30,34)(H,31,35). The van der Waals surface area contributed by atoms with E-state index in [0.29, 0.717) is 16.9 Å². The van der Waals surface area contributed by atoms with Crippen molar-refractivity contribution in [1.29, 1.82) is 0 Å². The highest BCUT2D eigenvalue weighted by molar-refractivity contribution is 6.10. The summed E-state index contributed by atoms with van der Waals surface area (Å²) in [6, 6.07) is 19.6. The molecule has 9 heteroatoms. The number of rotatable bonds is 6. The Morgan fingerprint density at radius 3 is 1.89 bits per heavy atom. The number of aryl methyl sites for hydroxylation is 2. The average Bonchev–Trinajstić information content (AvgIpc) is 2.85. The molecule has 4 unspecified atom stereocenters. The van der Waals surface area contributed by atoms with Crippen molar-refractivity contribution in [3.8, 4) is 0 Å². The number of non-ortho nitro benzene ring substituents is 1. The monoisotopic (exact) mass is 515 g/mol. The van der Waals surface area contributed by atoms with Gasteiger partial charge in [0.25, 0.3) is 5.69 Å². The lowest BCUT2D eigenvalue weighted by Crippen LogP contribution is -2.56. The fraction of sp³-hybridized carbons (Fsp3) is 0.276. The Balaban J connectivity index is 1.80. The Morgan fingerprint density at radius 1 is 0.895 bits per heavy atom. The molecule has 1 aliphatic carbocycles. The molecule has 0 aromatic heterocycles. The lowest BCUT2D eigenvalue weighted by Gasteiger charge is -2.44. The van der Waals surface area contributed by atoms with E-state index in [1.165, 1.54) is 31.2 Å². The molecule has 0 aliphatic heterocycles. The van der Waals surface area contributed by atoms with Crippen molar-refractivity contribution < 1.29 is 24.4 Å². The van der Waals surface area contributed by atoms with E-state index in [-0.39, 0.29) is 5.69 Å². The van der Waals surface area contributed by atoms with Crippen molar-refractivity contribution in [2.75, 3.05) is 10.6 Å². The molecule has 1 aliphatic rings. The van der Waals surface area contributed by atoms with Crippen LogP contribution in [0.3, 0.4) is 0 Å². The minimum absolute atomic E-state index is 0.176. The molecule has 4 rings (SSSR count). The number of anilines is 2. The molecule has 0 saturated heterocycles. The molecule has 38 heavy (non-hydrogen) atoms. The molecule has 4 atom stereocenters. The van der Waals surface area contributed by atoms with Crippen LogP contribution in [0.15, 0.2) is 72.8 Å². The Labute approximate surface area is 220 Å². The molecule has 1 saturated carbocycles. The van der Waals surface area contributed by atoms with Crippen LogP contribution in [-0.4, -0.2) is 33.2 Å². The van der Waals surface area contributed by atoms with Crippen LogP contribution in [0.2, 0.25) is 0 Å². The van der Waals surface area contributed by atoms with Crippen LogP contribution in [0.4, 0.5) is 17.1 Å². The van der Waals surface area contributed by atoms with Crippen molar-refractivity contribution in [1.82, 2.24) is 0 Å². The first kappa shape index (κ1) is 26.7. The first-order chi connectivity index (χ1) is 18.0. The number of hydrogen-bond donors (Lipinski definition) is 3. The van der Waals surface area contributed by atoms with Crippen molar-refractivity contribution in [2.24, 2.45) is 11.8 Å². The summed E-state index contributed by atoms with van der Waals surface area (Å²) in [4.78, 5) is 51.5. The second-order valence-corrected chi connectivity index (χ2v) is 9.94. The summed E-state index contributed by atoms with van der Waals surface area (Å²) in [5.74, 6) is -5.31. The zero-order valence-corrected chi connectivity index (χ0v) is 21.3. The van der Waals surface area contributed by atoms with Gasteiger partial charge in [0.15, 0.2) is 0 Å². The number of para-hydroxylation sites is 2. The number of nitrogens with one attached hydrogen (secondary N) is 2. The second-order valence-electron chi connectivity index (χ2n) is 9.94.